The second-order valence-electron chi connectivity index (χ2n) is 11.4. The zero-order valence-corrected chi connectivity index (χ0v) is 23.2. The Bertz CT molecular complexity index is 1250. The van der Waals surface area contributed by atoms with Gasteiger partial charge in [-0.2, -0.15) is 0 Å². The van der Waals surface area contributed by atoms with Crippen LogP contribution in [0, 0.1) is 25.7 Å². The lowest BCUT2D eigenvalue weighted by molar-refractivity contribution is -0.125. The van der Waals surface area contributed by atoms with Gasteiger partial charge in [0.05, 0.1) is 18.0 Å². The highest BCUT2D eigenvalue weighted by Crippen LogP contribution is 2.36. The molecule has 3 aliphatic heterocycles. The molecule has 4 aliphatic rings. The summed E-state index contributed by atoms with van der Waals surface area (Å²) in [7, 11) is -3.53. The summed E-state index contributed by atoms with van der Waals surface area (Å²) < 4.78 is 27.9. The molecule has 3 heterocycles. The summed E-state index contributed by atoms with van der Waals surface area (Å²) >= 11 is 0. The van der Waals surface area contributed by atoms with E-state index in [2.05, 4.69) is 17.6 Å². The molecule has 4 amide bonds. The van der Waals surface area contributed by atoms with Gasteiger partial charge in [-0.1, -0.05) is 31.9 Å². The van der Waals surface area contributed by atoms with E-state index in [1.165, 1.54) is 4.31 Å². The van der Waals surface area contributed by atoms with E-state index in [0.717, 1.165) is 53.1 Å². The molecular weight excluding hydrogens is 506 g/mol. The first-order chi connectivity index (χ1) is 18.0. The molecule has 11 heteroatoms. The predicted molar refractivity (Wildman–Crippen MR) is 145 cm³/mol. The quantitative estimate of drug-likeness (QED) is 0.533. The maximum Gasteiger partial charge on any atom is 0.329 e. The molecule has 5 rings (SSSR count). The Kier molecular flexibility index (Phi) is 7.10. The second kappa shape index (κ2) is 10.1. The van der Waals surface area contributed by atoms with Crippen molar-refractivity contribution in [3.8, 4) is 0 Å². The van der Waals surface area contributed by atoms with Gasteiger partial charge in [0.1, 0.15) is 11.4 Å². The number of hydrogen-bond acceptors (Lipinski definition) is 6. The van der Waals surface area contributed by atoms with Gasteiger partial charge >= 0.3 is 6.03 Å². The summed E-state index contributed by atoms with van der Waals surface area (Å²) in [6, 6.07) is 3.24. The van der Waals surface area contributed by atoms with Crippen molar-refractivity contribution in [3.05, 3.63) is 28.8 Å². The molecule has 1 saturated carbocycles. The van der Waals surface area contributed by atoms with Crippen LogP contribution >= 0.6 is 0 Å². The number of amides is 4. The molecule has 1 spiro atoms. The Morgan fingerprint density at radius 3 is 2.24 bits per heavy atom. The van der Waals surface area contributed by atoms with E-state index < -0.39 is 21.6 Å². The number of sulfonamides is 1. The molecule has 0 unspecified atom stereocenters. The summed E-state index contributed by atoms with van der Waals surface area (Å²) in [5.41, 5.74) is 2.04. The Hall–Kier alpha value is -2.79. The van der Waals surface area contributed by atoms with Crippen LogP contribution in [0.5, 0.6) is 0 Å². The van der Waals surface area contributed by atoms with E-state index in [1.54, 1.807) is 0 Å². The standard InChI is InChI=1S/C27H37N5O5S/c1-17-4-6-21(7-5-17)24-29-25(34)27(30-24)9-11-31(12-10-27)38(36,37)13-8-20-14-18(2)23(19(3)15-20)32-22(33)16-28-26(32)35/h14-15,17,21H,4-13,16H2,1-3H3,(H,28,35)(H,29,30,34). The fraction of sp³-hybridized carbons (Fsp3) is 0.630. The Morgan fingerprint density at radius 1 is 1.03 bits per heavy atom. The number of aryl methyl sites for hydroxylation is 3. The minimum atomic E-state index is -3.53. The molecule has 38 heavy (non-hydrogen) atoms. The molecule has 2 saturated heterocycles. The van der Waals surface area contributed by atoms with Gasteiger partial charge in [-0.25, -0.2) is 22.4 Å². The van der Waals surface area contributed by atoms with Crippen molar-refractivity contribution in [2.45, 2.75) is 71.3 Å². The van der Waals surface area contributed by atoms with Crippen molar-refractivity contribution in [1.29, 1.82) is 0 Å². The largest absolute Gasteiger partial charge is 0.329 e. The average molecular weight is 544 g/mol. The summed E-state index contributed by atoms with van der Waals surface area (Å²) in [4.78, 5) is 43.2. The molecule has 0 bridgehead atoms. The number of amidine groups is 1. The molecule has 2 N–H and O–H groups in total. The number of hydrogen-bond donors (Lipinski definition) is 2. The van der Waals surface area contributed by atoms with Crippen LogP contribution in [-0.2, 0) is 26.0 Å². The van der Waals surface area contributed by atoms with Crippen LogP contribution in [0.2, 0.25) is 0 Å². The van der Waals surface area contributed by atoms with E-state index in [0.29, 0.717) is 36.8 Å². The average Bonchev–Trinajstić information content (AvgIpc) is 3.37. The second-order valence-corrected chi connectivity index (χ2v) is 13.5. The first-order valence-corrected chi connectivity index (χ1v) is 15.2. The van der Waals surface area contributed by atoms with Crippen LogP contribution < -0.4 is 15.5 Å². The normalized spacial score (nSPS) is 26.0. The highest BCUT2D eigenvalue weighted by Gasteiger charge is 2.48. The number of nitrogens with zero attached hydrogens (tertiary/aromatic N) is 3. The summed E-state index contributed by atoms with van der Waals surface area (Å²) in [5.74, 6) is 1.38. The molecule has 3 fully saturated rings. The van der Waals surface area contributed by atoms with E-state index in [4.69, 9.17) is 4.99 Å². The number of anilines is 1. The van der Waals surface area contributed by atoms with Crippen LogP contribution in [0.4, 0.5) is 10.5 Å². The maximum absolute atomic E-state index is 13.2. The lowest BCUT2D eigenvalue weighted by atomic mass is 9.82. The summed E-state index contributed by atoms with van der Waals surface area (Å²) in [6.45, 7) is 6.42. The number of piperidine rings is 1. The number of nitrogens with one attached hydrogen (secondary N) is 2. The van der Waals surface area contributed by atoms with Gasteiger partial charge in [0.15, 0.2) is 0 Å². The van der Waals surface area contributed by atoms with Crippen LogP contribution in [0.25, 0.3) is 0 Å². The van der Waals surface area contributed by atoms with Gasteiger partial charge in [-0.05, 0) is 68.6 Å². The van der Waals surface area contributed by atoms with Gasteiger partial charge in [-0.15, -0.1) is 0 Å². The fourth-order valence-corrected chi connectivity index (χ4v) is 7.80. The van der Waals surface area contributed by atoms with Gasteiger partial charge in [0, 0.05) is 19.0 Å². The van der Waals surface area contributed by atoms with Crippen LogP contribution in [-0.4, -0.2) is 67.3 Å². The minimum absolute atomic E-state index is 0.0248. The third-order valence-corrected chi connectivity index (χ3v) is 10.5. The number of benzene rings is 1. The zero-order valence-electron chi connectivity index (χ0n) is 22.4. The number of urea groups is 1. The van der Waals surface area contributed by atoms with E-state index in [9.17, 15) is 22.8 Å². The van der Waals surface area contributed by atoms with Crippen LogP contribution in [0.3, 0.4) is 0 Å². The first-order valence-electron chi connectivity index (χ1n) is 13.6. The number of imide groups is 1. The molecule has 1 aromatic rings. The number of rotatable bonds is 6. The fourth-order valence-electron chi connectivity index (χ4n) is 6.31. The van der Waals surface area contributed by atoms with Crippen molar-refractivity contribution in [2.24, 2.45) is 16.8 Å². The molecule has 0 atom stereocenters. The van der Waals surface area contributed by atoms with Gasteiger partial charge in [0.25, 0.3) is 11.8 Å². The third kappa shape index (κ3) is 4.98. The summed E-state index contributed by atoms with van der Waals surface area (Å²) in [5, 5.41) is 5.56. The Morgan fingerprint density at radius 2 is 1.66 bits per heavy atom. The van der Waals surface area contributed by atoms with E-state index >= 15 is 0 Å². The zero-order chi connectivity index (χ0) is 27.2. The number of carbonyl (C=O) groups is 3. The molecule has 206 valence electrons. The minimum Gasteiger partial charge on any atom is -0.328 e. The maximum atomic E-state index is 13.2. The monoisotopic (exact) mass is 543 g/mol. The van der Waals surface area contributed by atoms with Gasteiger partial charge in [0.2, 0.25) is 10.0 Å². The molecule has 0 radical (unpaired) electrons. The Labute approximate surface area is 224 Å². The van der Waals surface area contributed by atoms with E-state index in [1.807, 2.05) is 26.0 Å². The van der Waals surface area contributed by atoms with Crippen molar-refractivity contribution in [1.82, 2.24) is 14.9 Å². The Balaban J connectivity index is 1.21. The highest BCUT2D eigenvalue weighted by molar-refractivity contribution is 7.89. The van der Waals surface area contributed by atoms with E-state index in [-0.39, 0.29) is 37.2 Å². The van der Waals surface area contributed by atoms with Gasteiger partial charge in [-0.3, -0.25) is 14.6 Å². The van der Waals surface area contributed by atoms with Crippen LogP contribution in [0.1, 0.15) is 62.1 Å². The highest BCUT2D eigenvalue weighted by atomic mass is 32.2. The SMILES string of the molecule is Cc1cc(CCS(=O)(=O)N2CCC3(CC2)N=C(C2CCC(C)CC2)NC3=O)cc(C)c1N1C(=O)CNC1=O. The van der Waals surface area contributed by atoms with Crippen molar-refractivity contribution < 1.29 is 22.8 Å². The lowest BCUT2D eigenvalue weighted by Gasteiger charge is -2.34. The molecular formula is C27H37N5O5S. The summed E-state index contributed by atoms with van der Waals surface area (Å²) in [6.07, 6.45) is 5.47. The molecule has 10 nitrogen and oxygen atoms in total. The number of carbonyl (C=O) groups excluding carboxylic acids is 3. The molecule has 0 aromatic heterocycles. The first kappa shape index (κ1) is 26.8. The lowest BCUT2D eigenvalue weighted by Crippen LogP contribution is -2.51. The number of aliphatic imine (C=N–C) groups is 1. The van der Waals surface area contributed by atoms with Crippen molar-refractivity contribution in [3.63, 3.8) is 0 Å². The van der Waals surface area contributed by atoms with Crippen LogP contribution in [0.15, 0.2) is 17.1 Å². The van der Waals surface area contributed by atoms with Crippen molar-refractivity contribution in [2.75, 3.05) is 30.3 Å². The molecule has 1 aromatic carbocycles. The smallest absolute Gasteiger partial charge is 0.328 e. The topological polar surface area (TPSA) is 128 Å². The third-order valence-electron chi connectivity index (χ3n) is 8.61. The molecule has 1 aliphatic carbocycles. The predicted octanol–water partition coefficient (Wildman–Crippen LogP) is 2.42. The van der Waals surface area contributed by atoms with Gasteiger partial charge < -0.3 is 10.6 Å². The van der Waals surface area contributed by atoms with Crippen molar-refractivity contribution >= 4 is 39.4 Å².